The SMILES string of the molecule is COc1ccc(Cl)cc1NC(=O)C1=NN(c2ccccc2)C(=O)CC1. The van der Waals surface area contributed by atoms with Crippen LogP contribution >= 0.6 is 11.6 Å². The molecule has 3 rings (SSSR count). The van der Waals surface area contributed by atoms with E-state index in [0.717, 1.165) is 0 Å². The maximum atomic E-state index is 12.6. The molecule has 0 fully saturated rings. The molecule has 0 spiro atoms. The van der Waals surface area contributed by atoms with Crippen LogP contribution in [0.2, 0.25) is 5.02 Å². The van der Waals surface area contributed by atoms with E-state index in [4.69, 9.17) is 16.3 Å². The van der Waals surface area contributed by atoms with E-state index in [-0.39, 0.29) is 24.5 Å². The average Bonchev–Trinajstić information content (AvgIpc) is 2.63. The van der Waals surface area contributed by atoms with Gasteiger partial charge < -0.3 is 10.1 Å². The molecule has 0 saturated carbocycles. The van der Waals surface area contributed by atoms with Crippen LogP contribution in [0.15, 0.2) is 53.6 Å². The number of hydrogen-bond donors (Lipinski definition) is 1. The van der Waals surface area contributed by atoms with Crippen molar-refractivity contribution in [2.24, 2.45) is 5.10 Å². The molecule has 25 heavy (non-hydrogen) atoms. The van der Waals surface area contributed by atoms with Crippen molar-refractivity contribution >= 4 is 40.5 Å². The molecule has 2 aromatic carbocycles. The lowest BCUT2D eigenvalue weighted by Gasteiger charge is -2.23. The summed E-state index contributed by atoms with van der Waals surface area (Å²) in [6.45, 7) is 0. The smallest absolute Gasteiger partial charge is 0.271 e. The van der Waals surface area contributed by atoms with Gasteiger partial charge >= 0.3 is 0 Å². The molecule has 0 bridgehead atoms. The predicted octanol–water partition coefficient (Wildman–Crippen LogP) is 3.47. The van der Waals surface area contributed by atoms with Crippen molar-refractivity contribution in [1.29, 1.82) is 0 Å². The normalized spacial score (nSPS) is 14.1. The Labute approximate surface area is 150 Å². The van der Waals surface area contributed by atoms with Gasteiger partial charge in [-0.1, -0.05) is 29.8 Å². The summed E-state index contributed by atoms with van der Waals surface area (Å²) in [5, 5.41) is 8.70. The molecule has 1 heterocycles. The maximum Gasteiger partial charge on any atom is 0.271 e. The van der Waals surface area contributed by atoms with Crippen LogP contribution in [0.5, 0.6) is 5.75 Å². The first kappa shape index (κ1) is 17.0. The Hall–Kier alpha value is -2.86. The van der Waals surface area contributed by atoms with Crippen molar-refractivity contribution in [2.45, 2.75) is 12.8 Å². The number of carbonyl (C=O) groups is 2. The molecule has 7 heteroatoms. The summed E-state index contributed by atoms with van der Waals surface area (Å²) < 4.78 is 5.22. The maximum absolute atomic E-state index is 12.6. The quantitative estimate of drug-likeness (QED) is 0.910. The first-order valence-corrected chi connectivity index (χ1v) is 8.06. The molecule has 1 aliphatic rings. The van der Waals surface area contributed by atoms with Crippen molar-refractivity contribution < 1.29 is 14.3 Å². The van der Waals surface area contributed by atoms with Gasteiger partial charge in [-0.2, -0.15) is 5.10 Å². The molecule has 0 radical (unpaired) electrons. The Morgan fingerprint density at radius 2 is 1.96 bits per heavy atom. The molecular weight excluding hydrogens is 342 g/mol. The second-order valence-electron chi connectivity index (χ2n) is 5.39. The van der Waals surface area contributed by atoms with Crippen LogP contribution in [0.1, 0.15) is 12.8 Å². The van der Waals surface area contributed by atoms with Crippen LogP contribution in [0.3, 0.4) is 0 Å². The van der Waals surface area contributed by atoms with E-state index < -0.39 is 5.91 Å². The second-order valence-corrected chi connectivity index (χ2v) is 5.82. The molecular formula is C18H16ClN3O3. The summed E-state index contributed by atoms with van der Waals surface area (Å²) in [6.07, 6.45) is 0.491. The van der Waals surface area contributed by atoms with E-state index in [0.29, 0.717) is 22.1 Å². The highest BCUT2D eigenvalue weighted by Crippen LogP contribution is 2.28. The minimum atomic E-state index is -0.394. The van der Waals surface area contributed by atoms with Crippen molar-refractivity contribution in [1.82, 2.24) is 0 Å². The Balaban J connectivity index is 1.85. The van der Waals surface area contributed by atoms with Gasteiger partial charge in [-0.15, -0.1) is 0 Å². The Bertz CT molecular complexity index is 837. The van der Waals surface area contributed by atoms with E-state index in [2.05, 4.69) is 10.4 Å². The van der Waals surface area contributed by atoms with Crippen LogP contribution < -0.4 is 15.1 Å². The Morgan fingerprint density at radius 3 is 2.68 bits per heavy atom. The van der Waals surface area contributed by atoms with E-state index in [1.54, 1.807) is 30.3 Å². The molecule has 1 aliphatic heterocycles. The molecule has 6 nitrogen and oxygen atoms in total. The van der Waals surface area contributed by atoms with Gasteiger partial charge in [-0.25, -0.2) is 5.01 Å². The summed E-state index contributed by atoms with van der Waals surface area (Å²) in [4.78, 5) is 24.7. The third-order valence-electron chi connectivity index (χ3n) is 3.71. The van der Waals surface area contributed by atoms with Crippen LogP contribution in [0, 0.1) is 0 Å². The second kappa shape index (κ2) is 7.36. The van der Waals surface area contributed by atoms with E-state index in [9.17, 15) is 9.59 Å². The first-order chi connectivity index (χ1) is 12.1. The van der Waals surface area contributed by atoms with E-state index in [1.807, 2.05) is 18.2 Å². The monoisotopic (exact) mass is 357 g/mol. The first-order valence-electron chi connectivity index (χ1n) is 7.69. The topological polar surface area (TPSA) is 71.0 Å². The van der Waals surface area contributed by atoms with Crippen molar-refractivity contribution in [3.63, 3.8) is 0 Å². The summed E-state index contributed by atoms with van der Waals surface area (Å²) in [6, 6.07) is 13.9. The van der Waals surface area contributed by atoms with Crippen LogP contribution in [0.25, 0.3) is 0 Å². The number of nitrogens with one attached hydrogen (secondary N) is 1. The molecule has 1 N–H and O–H groups in total. The largest absolute Gasteiger partial charge is 0.495 e. The van der Waals surface area contributed by atoms with Gasteiger partial charge in [0.05, 0.1) is 18.5 Å². The van der Waals surface area contributed by atoms with Gasteiger partial charge in [0.25, 0.3) is 5.91 Å². The molecule has 2 aromatic rings. The summed E-state index contributed by atoms with van der Waals surface area (Å²) in [7, 11) is 1.51. The third-order valence-corrected chi connectivity index (χ3v) is 3.94. The average molecular weight is 358 g/mol. The summed E-state index contributed by atoms with van der Waals surface area (Å²) >= 11 is 5.98. The van der Waals surface area contributed by atoms with Crippen molar-refractivity contribution in [3.8, 4) is 5.75 Å². The number of carbonyl (C=O) groups excluding carboxylic acids is 2. The molecule has 0 aromatic heterocycles. The molecule has 2 amide bonds. The fourth-order valence-corrected chi connectivity index (χ4v) is 2.63. The Morgan fingerprint density at radius 1 is 1.20 bits per heavy atom. The minimum Gasteiger partial charge on any atom is -0.495 e. The number of hydrogen-bond acceptors (Lipinski definition) is 4. The van der Waals surface area contributed by atoms with Crippen molar-refractivity contribution in [2.75, 3.05) is 17.4 Å². The molecule has 0 atom stereocenters. The third kappa shape index (κ3) is 3.80. The van der Waals surface area contributed by atoms with Gasteiger partial charge in [0.2, 0.25) is 5.91 Å². The number of rotatable bonds is 4. The number of halogens is 1. The van der Waals surface area contributed by atoms with E-state index in [1.165, 1.54) is 12.1 Å². The fourth-order valence-electron chi connectivity index (χ4n) is 2.46. The zero-order chi connectivity index (χ0) is 17.8. The number of amides is 2. The zero-order valence-corrected chi connectivity index (χ0v) is 14.3. The number of anilines is 2. The molecule has 128 valence electrons. The van der Waals surface area contributed by atoms with Gasteiger partial charge in [-0.05, 0) is 30.3 Å². The lowest BCUT2D eigenvalue weighted by molar-refractivity contribution is -0.118. The summed E-state index contributed by atoms with van der Waals surface area (Å²) in [5.74, 6) is -0.0535. The van der Waals surface area contributed by atoms with Gasteiger partial charge in [0.15, 0.2) is 0 Å². The number of benzene rings is 2. The van der Waals surface area contributed by atoms with Gasteiger partial charge in [0.1, 0.15) is 11.5 Å². The lowest BCUT2D eigenvalue weighted by atomic mass is 10.1. The minimum absolute atomic E-state index is 0.150. The highest BCUT2D eigenvalue weighted by molar-refractivity contribution is 6.44. The molecule has 0 saturated heterocycles. The zero-order valence-electron chi connectivity index (χ0n) is 13.5. The number of nitrogens with zero attached hydrogens (tertiary/aromatic N) is 2. The number of para-hydroxylation sites is 1. The highest BCUT2D eigenvalue weighted by Gasteiger charge is 2.26. The highest BCUT2D eigenvalue weighted by atomic mass is 35.5. The predicted molar refractivity (Wildman–Crippen MR) is 97.2 cm³/mol. The summed E-state index contributed by atoms with van der Waals surface area (Å²) in [5.41, 5.74) is 1.34. The number of methoxy groups -OCH3 is 1. The van der Waals surface area contributed by atoms with Crippen LogP contribution in [-0.2, 0) is 9.59 Å². The van der Waals surface area contributed by atoms with Gasteiger partial charge in [0, 0.05) is 17.9 Å². The number of ether oxygens (including phenoxy) is 1. The van der Waals surface area contributed by atoms with Crippen LogP contribution in [-0.4, -0.2) is 24.6 Å². The Kier molecular flexibility index (Phi) is 5.00. The fraction of sp³-hybridized carbons (Fsp3) is 0.167. The van der Waals surface area contributed by atoms with Gasteiger partial charge in [-0.3, -0.25) is 9.59 Å². The van der Waals surface area contributed by atoms with Crippen LogP contribution in [0.4, 0.5) is 11.4 Å². The standard InChI is InChI=1S/C18H16ClN3O3/c1-25-16-9-7-12(19)11-15(16)20-18(24)14-8-10-17(23)22(21-14)13-5-3-2-4-6-13/h2-7,9,11H,8,10H2,1H3,(H,20,24). The van der Waals surface area contributed by atoms with E-state index >= 15 is 0 Å². The lowest BCUT2D eigenvalue weighted by Crippen LogP contribution is -2.36. The number of hydrazone groups is 1. The van der Waals surface area contributed by atoms with Crippen molar-refractivity contribution in [3.05, 3.63) is 53.6 Å². The molecule has 0 unspecified atom stereocenters. The molecule has 0 aliphatic carbocycles.